The largest absolute Gasteiger partial charge is 0.301 e. The van der Waals surface area contributed by atoms with Crippen molar-refractivity contribution in [2.45, 2.75) is 24.1 Å². The van der Waals surface area contributed by atoms with Crippen LogP contribution >= 0.6 is 34.4 Å². The van der Waals surface area contributed by atoms with E-state index in [2.05, 4.69) is 25.8 Å². The number of hydrogen-bond donors (Lipinski definition) is 2. The zero-order chi connectivity index (χ0) is 15.5. The van der Waals surface area contributed by atoms with Crippen molar-refractivity contribution >= 4 is 56.5 Å². The molecule has 0 unspecified atom stereocenters. The van der Waals surface area contributed by atoms with E-state index in [-0.39, 0.29) is 23.5 Å². The van der Waals surface area contributed by atoms with Gasteiger partial charge in [-0.05, 0) is 19.8 Å². The standard InChI is InChI=1S/C12H13N5O2S3/c1-6-4-20-10(13-6)14-8(18)5-21-12-17-16-11(22-12)15-9(19)7-2-3-7/h4,7H,2-3,5H2,1H3,(H,13,14,18)(H,15,16,19). The quantitative estimate of drug-likeness (QED) is 0.610. The summed E-state index contributed by atoms with van der Waals surface area (Å²) in [4.78, 5) is 27.6. The molecule has 2 aromatic rings. The Morgan fingerprint density at radius 3 is 2.82 bits per heavy atom. The Labute approximate surface area is 138 Å². The van der Waals surface area contributed by atoms with E-state index in [1.165, 1.54) is 34.4 Å². The minimum atomic E-state index is -0.141. The maximum absolute atomic E-state index is 11.8. The molecule has 7 nitrogen and oxygen atoms in total. The number of carbonyl (C=O) groups excluding carboxylic acids is 2. The first-order chi connectivity index (χ1) is 10.6. The Morgan fingerprint density at radius 1 is 1.32 bits per heavy atom. The van der Waals surface area contributed by atoms with Crippen LogP contribution in [0.2, 0.25) is 0 Å². The normalized spacial score (nSPS) is 13.9. The highest BCUT2D eigenvalue weighted by molar-refractivity contribution is 8.01. The summed E-state index contributed by atoms with van der Waals surface area (Å²) in [5.74, 6) is 0.222. The van der Waals surface area contributed by atoms with Gasteiger partial charge in [-0.2, -0.15) is 0 Å². The number of amides is 2. The second kappa shape index (κ2) is 6.71. The van der Waals surface area contributed by atoms with Crippen molar-refractivity contribution in [3.05, 3.63) is 11.1 Å². The summed E-state index contributed by atoms with van der Waals surface area (Å²) in [6.07, 6.45) is 1.89. The molecule has 116 valence electrons. The highest BCUT2D eigenvalue weighted by atomic mass is 32.2. The summed E-state index contributed by atoms with van der Waals surface area (Å²) in [5, 5.41) is 16.3. The molecule has 0 spiro atoms. The van der Waals surface area contributed by atoms with Crippen LogP contribution in [-0.4, -0.2) is 32.7 Å². The molecule has 0 saturated heterocycles. The number of thiazole rings is 1. The van der Waals surface area contributed by atoms with Crippen LogP contribution in [0.1, 0.15) is 18.5 Å². The summed E-state index contributed by atoms with van der Waals surface area (Å²) in [7, 11) is 0. The molecule has 1 saturated carbocycles. The van der Waals surface area contributed by atoms with Crippen LogP contribution in [0.4, 0.5) is 10.3 Å². The molecule has 2 heterocycles. The molecule has 10 heteroatoms. The van der Waals surface area contributed by atoms with Gasteiger partial charge >= 0.3 is 0 Å². The van der Waals surface area contributed by atoms with E-state index in [1.54, 1.807) is 0 Å². The average molecular weight is 355 g/mol. The lowest BCUT2D eigenvalue weighted by Gasteiger charge is -1.99. The minimum Gasteiger partial charge on any atom is -0.301 e. The summed E-state index contributed by atoms with van der Waals surface area (Å²) < 4.78 is 0.650. The van der Waals surface area contributed by atoms with E-state index in [0.29, 0.717) is 14.6 Å². The first kappa shape index (κ1) is 15.4. The fraction of sp³-hybridized carbons (Fsp3) is 0.417. The lowest BCUT2D eigenvalue weighted by Crippen LogP contribution is -2.13. The molecule has 0 aliphatic heterocycles. The molecular formula is C12H13N5O2S3. The van der Waals surface area contributed by atoms with Crippen LogP contribution in [0.3, 0.4) is 0 Å². The molecule has 0 bridgehead atoms. The van der Waals surface area contributed by atoms with Crippen molar-refractivity contribution in [1.29, 1.82) is 0 Å². The Kier molecular flexibility index (Phi) is 4.69. The molecule has 0 aromatic carbocycles. The van der Waals surface area contributed by atoms with Crippen LogP contribution in [0.25, 0.3) is 0 Å². The molecule has 2 aromatic heterocycles. The van der Waals surface area contributed by atoms with Gasteiger partial charge in [0.2, 0.25) is 16.9 Å². The van der Waals surface area contributed by atoms with E-state index in [0.717, 1.165) is 18.5 Å². The number of aryl methyl sites for hydroxylation is 1. The third-order valence-corrected chi connectivity index (χ3v) is 5.62. The van der Waals surface area contributed by atoms with Gasteiger partial charge in [0, 0.05) is 11.3 Å². The predicted molar refractivity (Wildman–Crippen MR) is 87.5 cm³/mol. The van der Waals surface area contributed by atoms with Gasteiger partial charge in [-0.15, -0.1) is 21.5 Å². The van der Waals surface area contributed by atoms with Gasteiger partial charge in [0.25, 0.3) is 0 Å². The van der Waals surface area contributed by atoms with Gasteiger partial charge in [-0.25, -0.2) is 4.98 Å². The van der Waals surface area contributed by atoms with Gasteiger partial charge in [-0.3, -0.25) is 9.59 Å². The number of carbonyl (C=O) groups is 2. The Hall–Kier alpha value is -1.52. The molecule has 1 aliphatic carbocycles. The maximum atomic E-state index is 11.8. The van der Waals surface area contributed by atoms with Crippen LogP contribution in [0.15, 0.2) is 9.72 Å². The number of anilines is 2. The Morgan fingerprint density at radius 2 is 2.14 bits per heavy atom. The fourth-order valence-electron chi connectivity index (χ4n) is 1.57. The summed E-state index contributed by atoms with van der Waals surface area (Å²) in [6, 6.07) is 0. The molecule has 2 N–H and O–H groups in total. The molecule has 22 heavy (non-hydrogen) atoms. The van der Waals surface area contributed by atoms with Gasteiger partial charge in [-0.1, -0.05) is 23.1 Å². The molecule has 0 radical (unpaired) electrons. The molecule has 1 aliphatic rings. The minimum absolute atomic E-state index is 0.00424. The van der Waals surface area contributed by atoms with Crippen molar-refractivity contribution in [3.8, 4) is 0 Å². The summed E-state index contributed by atoms with van der Waals surface area (Å²) >= 11 is 3.95. The second-order valence-corrected chi connectivity index (χ2v) is 7.83. The van der Waals surface area contributed by atoms with Crippen molar-refractivity contribution in [3.63, 3.8) is 0 Å². The maximum Gasteiger partial charge on any atom is 0.236 e. The molecular weight excluding hydrogens is 342 g/mol. The van der Waals surface area contributed by atoms with E-state index in [1.807, 2.05) is 12.3 Å². The third-order valence-electron chi connectivity index (χ3n) is 2.78. The fourth-order valence-corrected chi connectivity index (χ4v) is 3.82. The first-order valence-corrected chi connectivity index (χ1v) is 9.27. The molecule has 2 amide bonds. The number of thioether (sulfide) groups is 1. The van der Waals surface area contributed by atoms with Crippen molar-refractivity contribution in [2.75, 3.05) is 16.4 Å². The smallest absolute Gasteiger partial charge is 0.236 e. The number of nitrogens with zero attached hydrogens (tertiary/aromatic N) is 3. The number of nitrogens with one attached hydrogen (secondary N) is 2. The van der Waals surface area contributed by atoms with E-state index < -0.39 is 0 Å². The van der Waals surface area contributed by atoms with Gasteiger partial charge < -0.3 is 10.6 Å². The van der Waals surface area contributed by atoms with Gasteiger partial charge in [0.15, 0.2) is 9.47 Å². The van der Waals surface area contributed by atoms with Crippen LogP contribution < -0.4 is 10.6 Å². The van der Waals surface area contributed by atoms with E-state index in [9.17, 15) is 9.59 Å². The van der Waals surface area contributed by atoms with Crippen molar-refractivity contribution in [2.24, 2.45) is 5.92 Å². The zero-order valence-electron chi connectivity index (χ0n) is 11.7. The SMILES string of the molecule is Cc1csc(NC(=O)CSc2nnc(NC(=O)C3CC3)s2)n1. The average Bonchev–Trinajstić information content (AvgIpc) is 3.13. The predicted octanol–water partition coefficient (Wildman–Crippen LogP) is 2.38. The molecule has 0 atom stereocenters. The Balaban J connectivity index is 1.45. The zero-order valence-corrected chi connectivity index (χ0v) is 14.1. The van der Waals surface area contributed by atoms with Gasteiger partial charge in [0.05, 0.1) is 11.4 Å². The number of hydrogen-bond acceptors (Lipinski definition) is 8. The highest BCUT2D eigenvalue weighted by Crippen LogP contribution is 2.31. The number of rotatable bonds is 6. The van der Waals surface area contributed by atoms with E-state index >= 15 is 0 Å². The summed E-state index contributed by atoms with van der Waals surface area (Å²) in [6.45, 7) is 1.87. The van der Waals surface area contributed by atoms with Crippen molar-refractivity contribution < 1.29 is 9.59 Å². The lowest BCUT2D eigenvalue weighted by molar-refractivity contribution is -0.117. The van der Waals surface area contributed by atoms with E-state index in [4.69, 9.17) is 0 Å². The first-order valence-electron chi connectivity index (χ1n) is 6.59. The van der Waals surface area contributed by atoms with Crippen LogP contribution in [-0.2, 0) is 9.59 Å². The lowest BCUT2D eigenvalue weighted by atomic mass is 10.4. The van der Waals surface area contributed by atoms with Gasteiger partial charge in [0.1, 0.15) is 0 Å². The summed E-state index contributed by atoms with van der Waals surface area (Å²) in [5.41, 5.74) is 0.883. The topological polar surface area (TPSA) is 96.9 Å². The van der Waals surface area contributed by atoms with Crippen LogP contribution in [0, 0.1) is 12.8 Å². The number of aromatic nitrogens is 3. The van der Waals surface area contributed by atoms with Crippen LogP contribution in [0.5, 0.6) is 0 Å². The molecule has 3 rings (SSSR count). The third kappa shape index (κ3) is 4.24. The Bertz CT molecular complexity index is 695. The monoisotopic (exact) mass is 355 g/mol. The molecule has 1 fully saturated rings. The highest BCUT2D eigenvalue weighted by Gasteiger charge is 2.30. The second-order valence-electron chi connectivity index (χ2n) is 4.77. The van der Waals surface area contributed by atoms with Crippen molar-refractivity contribution in [1.82, 2.24) is 15.2 Å².